The van der Waals surface area contributed by atoms with Crippen LogP contribution in [0.5, 0.6) is 0 Å². The van der Waals surface area contributed by atoms with E-state index in [1.165, 1.54) is 95.6 Å². The molecule has 5 heteroatoms. The van der Waals surface area contributed by atoms with Gasteiger partial charge in [-0.1, -0.05) is 0 Å². The van der Waals surface area contributed by atoms with Crippen molar-refractivity contribution in [1.29, 1.82) is 0 Å². The van der Waals surface area contributed by atoms with Crippen molar-refractivity contribution in [3.63, 3.8) is 0 Å². The Balaban J connectivity index is 0.00000280. The van der Waals surface area contributed by atoms with Gasteiger partial charge in [0, 0.05) is 0 Å². The minimum atomic E-state index is -2.48. The van der Waals surface area contributed by atoms with E-state index in [1.807, 2.05) is 0 Å². The second kappa shape index (κ2) is 17.9. The Labute approximate surface area is 281 Å². The molecule has 0 radical (unpaired) electrons. The van der Waals surface area contributed by atoms with Crippen molar-refractivity contribution >= 4 is 23.6 Å². The summed E-state index contributed by atoms with van der Waals surface area (Å²) in [6.07, 6.45) is 18.4. The quantitative estimate of drug-likeness (QED) is 0.163. The van der Waals surface area contributed by atoms with Gasteiger partial charge in [0.2, 0.25) is 0 Å². The topological polar surface area (TPSA) is 0 Å². The van der Waals surface area contributed by atoms with Gasteiger partial charge in [-0.05, 0) is 0 Å². The van der Waals surface area contributed by atoms with Crippen LogP contribution in [0.1, 0.15) is 82.9 Å². The molecule has 41 heavy (non-hydrogen) atoms. The molecular formula is C36H45Cl3SiTi. The van der Waals surface area contributed by atoms with E-state index in [4.69, 9.17) is 0 Å². The minimum Gasteiger partial charge on any atom is -1.00 e. The fraction of sp³-hybridized carbons (Fsp3) is 0.389. The van der Waals surface area contributed by atoms with Crippen LogP contribution in [0.3, 0.4) is 0 Å². The molecule has 0 amide bonds. The van der Waals surface area contributed by atoms with Crippen LogP contribution in [0.15, 0.2) is 96.6 Å². The summed E-state index contributed by atoms with van der Waals surface area (Å²) < 4.78 is -0.0438. The normalized spacial score (nSPS) is 15.9. The molecule has 3 aromatic carbocycles. The summed E-state index contributed by atoms with van der Waals surface area (Å²) in [5.41, 5.74) is 5.76. The zero-order valence-electron chi connectivity index (χ0n) is 25.2. The summed E-state index contributed by atoms with van der Waals surface area (Å²) in [5.74, 6) is 0. The van der Waals surface area contributed by atoms with E-state index in [2.05, 4.69) is 139 Å². The first-order valence-electron chi connectivity index (χ1n) is 14.9. The number of benzene rings is 3. The molecule has 1 aliphatic carbocycles. The number of hydrogen-bond acceptors (Lipinski definition) is 0. The van der Waals surface area contributed by atoms with E-state index < -0.39 is 8.07 Å². The van der Waals surface area contributed by atoms with Gasteiger partial charge >= 0.3 is 246 Å². The van der Waals surface area contributed by atoms with E-state index in [0.717, 1.165) is 0 Å². The second-order valence-electron chi connectivity index (χ2n) is 11.2. The summed E-state index contributed by atoms with van der Waals surface area (Å²) in [4.78, 5) is 0. The van der Waals surface area contributed by atoms with Crippen molar-refractivity contribution in [2.45, 2.75) is 88.8 Å². The predicted molar refractivity (Wildman–Crippen MR) is 165 cm³/mol. The van der Waals surface area contributed by atoms with Gasteiger partial charge in [0.05, 0.1) is 0 Å². The molecule has 0 nitrogen and oxygen atoms in total. The first-order chi connectivity index (χ1) is 18.5. The van der Waals surface area contributed by atoms with Gasteiger partial charge in [-0.2, -0.15) is 0 Å². The maximum atomic E-state index is 2.56. The van der Waals surface area contributed by atoms with Crippen LogP contribution < -0.4 is 52.8 Å². The van der Waals surface area contributed by atoms with E-state index in [-0.39, 0.29) is 40.6 Å². The van der Waals surface area contributed by atoms with Gasteiger partial charge in [-0.25, -0.2) is 0 Å². The molecule has 0 bridgehead atoms. The molecule has 0 heterocycles. The molecule has 0 spiro atoms. The maximum Gasteiger partial charge on any atom is -1.00 e. The van der Waals surface area contributed by atoms with Gasteiger partial charge in [0.25, 0.3) is 0 Å². The van der Waals surface area contributed by atoms with Crippen LogP contribution in [-0.4, -0.2) is 8.07 Å². The molecule has 218 valence electrons. The number of hydrogen-bond donors (Lipinski definition) is 0. The van der Waals surface area contributed by atoms with Gasteiger partial charge in [-0.15, -0.1) is 0 Å². The molecule has 0 saturated heterocycles. The zero-order valence-corrected chi connectivity index (χ0v) is 30.0. The predicted octanol–water partition coefficient (Wildman–Crippen LogP) is -1.04. The Kier molecular flexibility index (Phi) is 16.6. The van der Waals surface area contributed by atoms with E-state index in [1.54, 1.807) is 0 Å². The summed E-state index contributed by atoms with van der Waals surface area (Å²) in [6, 6.07) is 29.4. The average Bonchev–Trinajstić information content (AvgIpc) is 3.31. The molecule has 3 aromatic rings. The summed E-state index contributed by atoms with van der Waals surface area (Å²) in [6.45, 7) is 9.10. The second-order valence-corrected chi connectivity index (χ2v) is 17.4. The number of unbranched alkanes of at least 4 members (excludes halogenated alkanes) is 3. The van der Waals surface area contributed by atoms with Crippen LogP contribution in [0.4, 0.5) is 0 Å². The van der Waals surface area contributed by atoms with Crippen molar-refractivity contribution in [3.05, 3.63) is 113 Å². The van der Waals surface area contributed by atoms with Crippen molar-refractivity contribution in [1.82, 2.24) is 0 Å². The fourth-order valence-corrected chi connectivity index (χ4v) is 13.8. The van der Waals surface area contributed by atoms with Crippen molar-refractivity contribution in [2.24, 2.45) is 0 Å². The summed E-state index contributed by atoms with van der Waals surface area (Å²) in [5, 5.41) is 4.54. The van der Waals surface area contributed by atoms with Crippen LogP contribution >= 0.6 is 0 Å². The average molecular weight is 660 g/mol. The SMILES string of the molecule is CCCCc1ccc([Si](c2ccc(CCCC)cc2)(c2ccc(CCCC)cc2)[C]2([Ti+3])C=CC(C)=C2)cc1.[Cl-].[Cl-].[Cl-]. The van der Waals surface area contributed by atoms with E-state index in [9.17, 15) is 0 Å². The first-order valence-corrected chi connectivity index (χ1v) is 17.7. The van der Waals surface area contributed by atoms with E-state index >= 15 is 0 Å². The van der Waals surface area contributed by atoms with E-state index in [0.29, 0.717) is 0 Å². The molecule has 0 fully saturated rings. The van der Waals surface area contributed by atoms with Crippen LogP contribution in [0.25, 0.3) is 0 Å². The fourth-order valence-electron chi connectivity index (χ4n) is 6.07. The van der Waals surface area contributed by atoms with Crippen molar-refractivity contribution in [3.8, 4) is 0 Å². The number of aryl methyl sites for hydroxylation is 3. The third kappa shape index (κ3) is 8.53. The van der Waals surface area contributed by atoms with Gasteiger partial charge in [0.15, 0.2) is 0 Å². The van der Waals surface area contributed by atoms with Gasteiger partial charge in [0.1, 0.15) is 0 Å². The number of allylic oxidation sites excluding steroid dienone is 4. The molecule has 0 N–H and O–H groups in total. The molecule has 4 rings (SSSR count). The first kappa shape index (κ1) is 38.0. The molecule has 0 aromatic heterocycles. The Morgan fingerprint density at radius 2 is 0.878 bits per heavy atom. The standard InChI is InChI=1S/C36H45Si.3ClH.Ti/c1-5-8-11-30-15-22-33(23-16-30)37(36-21-14-29(4)28-36,34-24-17-31(18-25-34)12-9-6-2)35-26-19-32(20-27-35)13-10-7-3;;;;/h14-28H,5-13H2,1-4H3;3*1H;/q;;;;+3/p-3. The Morgan fingerprint density at radius 3 is 1.12 bits per heavy atom. The summed E-state index contributed by atoms with van der Waals surface area (Å²) >= 11 is 2.49. The zero-order chi connectivity index (χ0) is 27.0. The molecule has 1 unspecified atom stereocenters. The van der Waals surface area contributed by atoms with Gasteiger partial charge < -0.3 is 37.2 Å². The van der Waals surface area contributed by atoms with Crippen LogP contribution in [-0.2, 0) is 39.7 Å². The number of halogens is 3. The Bertz CT molecular complexity index is 1110. The van der Waals surface area contributed by atoms with Crippen molar-refractivity contribution < 1.29 is 57.7 Å². The van der Waals surface area contributed by atoms with Crippen molar-refractivity contribution in [2.75, 3.05) is 0 Å². The molecule has 0 aliphatic heterocycles. The Morgan fingerprint density at radius 1 is 0.561 bits per heavy atom. The molecule has 1 aliphatic rings. The van der Waals surface area contributed by atoms with Crippen LogP contribution in [0, 0.1) is 0 Å². The number of rotatable bonds is 13. The molecule has 0 saturated carbocycles. The van der Waals surface area contributed by atoms with Crippen LogP contribution in [0.2, 0.25) is 3.34 Å². The van der Waals surface area contributed by atoms with Gasteiger partial charge in [-0.3, -0.25) is 0 Å². The summed E-state index contributed by atoms with van der Waals surface area (Å²) in [7, 11) is -2.48. The molecule has 1 atom stereocenters. The Hall–Kier alpha value is -1.06. The minimum absolute atomic E-state index is 0. The third-order valence-electron chi connectivity index (χ3n) is 8.30. The largest absolute Gasteiger partial charge is 1.00 e. The molecular weight excluding hydrogens is 615 g/mol. The monoisotopic (exact) mass is 658 g/mol. The smallest absolute Gasteiger partial charge is 1.00 e. The third-order valence-corrected chi connectivity index (χ3v) is 15.7. The maximum absolute atomic E-state index is 2.56.